The van der Waals surface area contributed by atoms with Crippen molar-refractivity contribution in [1.29, 1.82) is 0 Å². The zero-order valence-electron chi connectivity index (χ0n) is 25.0. The van der Waals surface area contributed by atoms with E-state index >= 15 is 0 Å². The number of benzene rings is 1. The van der Waals surface area contributed by atoms with Crippen LogP contribution in [0.25, 0.3) is 11.3 Å². The molecule has 1 heterocycles. The molecule has 2 N–H and O–H groups in total. The van der Waals surface area contributed by atoms with Gasteiger partial charge in [0, 0.05) is 31.1 Å². The lowest BCUT2D eigenvalue weighted by molar-refractivity contribution is -0.145. The second-order valence-electron chi connectivity index (χ2n) is 11.1. The maximum atomic E-state index is 13.6. The van der Waals surface area contributed by atoms with Gasteiger partial charge in [-0.3, -0.25) is 9.59 Å². The zero-order valence-corrected chi connectivity index (χ0v) is 25.0. The van der Waals surface area contributed by atoms with Gasteiger partial charge in [-0.05, 0) is 62.8 Å². The number of allylic oxidation sites excluding steroid dienone is 1. The van der Waals surface area contributed by atoms with Crippen molar-refractivity contribution < 1.29 is 33.7 Å². The molecule has 0 aliphatic heterocycles. The lowest BCUT2D eigenvalue weighted by Crippen LogP contribution is -2.49. The van der Waals surface area contributed by atoms with Crippen LogP contribution in [0.2, 0.25) is 0 Å². The Balaban J connectivity index is 1.55. The fraction of sp³-hybridized carbons (Fsp3) is 0.469. The Morgan fingerprint density at radius 2 is 1.81 bits per heavy atom. The van der Waals surface area contributed by atoms with Crippen molar-refractivity contribution in [2.24, 2.45) is 17.8 Å². The molecule has 4 rings (SSSR count). The third-order valence-corrected chi connectivity index (χ3v) is 8.27. The van der Waals surface area contributed by atoms with Crippen LogP contribution in [0.4, 0.5) is 0 Å². The summed E-state index contributed by atoms with van der Waals surface area (Å²) in [6.45, 7) is 7.97. The Kier molecular flexibility index (Phi) is 10.1. The van der Waals surface area contributed by atoms with Gasteiger partial charge in [-0.2, -0.15) is 9.97 Å². The van der Waals surface area contributed by atoms with Gasteiger partial charge in [0.2, 0.25) is 17.7 Å². The van der Waals surface area contributed by atoms with Crippen molar-refractivity contribution in [1.82, 2.24) is 20.2 Å². The predicted molar refractivity (Wildman–Crippen MR) is 160 cm³/mol. The van der Waals surface area contributed by atoms with Crippen LogP contribution < -0.4 is 19.5 Å². The number of carboxylic acid groups (broad SMARTS) is 1. The second-order valence-corrected chi connectivity index (χ2v) is 11.1. The standard InChI is InChI=1S/C32H40N4O7/c1-6-8-9-10-15-36(3)29(38)25-17-23(16-24(25)28(37)35-32(30(39)40)19-21(32)7-2)43-27-18-26(33-31(34-27)42-5)20-11-13-22(41-4)14-12-20/h6-7,11-14,18,21,23-25H,1-2,8-10,15-17,19H2,3-5H3,(H,35,37)(H,39,40). The number of aromatic nitrogens is 2. The molecule has 11 nitrogen and oxygen atoms in total. The summed E-state index contributed by atoms with van der Waals surface area (Å²) >= 11 is 0. The van der Waals surface area contributed by atoms with Crippen LogP contribution in [-0.2, 0) is 14.4 Å². The van der Waals surface area contributed by atoms with Gasteiger partial charge in [0.25, 0.3) is 0 Å². The molecule has 2 amide bonds. The van der Waals surface area contributed by atoms with Crippen LogP contribution in [-0.4, -0.2) is 77.2 Å². The first-order valence-electron chi connectivity index (χ1n) is 14.4. The van der Waals surface area contributed by atoms with E-state index in [1.165, 1.54) is 13.2 Å². The molecule has 2 aliphatic rings. The highest BCUT2D eigenvalue weighted by molar-refractivity contribution is 5.94. The monoisotopic (exact) mass is 592 g/mol. The summed E-state index contributed by atoms with van der Waals surface area (Å²) in [5.41, 5.74) is -0.0347. The maximum absolute atomic E-state index is 13.6. The number of carboxylic acids is 1. The molecule has 0 radical (unpaired) electrons. The number of methoxy groups -OCH3 is 2. The molecule has 2 aliphatic carbocycles. The summed E-state index contributed by atoms with van der Waals surface area (Å²) < 4.78 is 16.8. The number of nitrogens with one attached hydrogen (secondary N) is 1. The number of aliphatic carboxylic acids is 1. The minimum atomic E-state index is -1.39. The fourth-order valence-corrected chi connectivity index (χ4v) is 5.65. The lowest BCUT2D eigenvalue weighted by Gasteiger charge is -2.25. The first-order chi connectivity index (χ1) is 20.6. The van der Waals surface area contributed by atoms with Crippen molar-refractivity contribution in [3.8, 4) is 28.9 Å². The quantitative estimate of drug-likeness (QED) is 0.233. The van der Waals surface area contributed by atoms with Crippen LogP contribution in [0.15, 0.2) is 55.6 Å². The minimum absolute atomic E-state index is 0.107. The smallest absolute Gasteiger partial charge is 0.330 e. The highest BCUT2D eigenvalue weighted by Crippen LogP contribution is 2.46. The van der Waals surface area contributed by atoms with Gasteiger partial charge in [-0.25, -0.2) is 4.79 Å². The minimum Gasteiger partial charge on any atom is -0.497 e. The van der Waals surface area contributed by atoms with Gasteiger partial charge in [-0.15, -0.1) is 13.2 Å². The number of carbonyl (C=O) groups is 3. The highest BCUT2D eigenvalue weighted by atomic mass is 16.5. The molecule has 2 saturated carbocycles. The maximum Gasteiger partial charge on any atom is 0.330 e. The Hall–Kier alpha value is -4.41. The van der Waals surface area contributed by atoms with Crippen LogP contribution in [0.5, 0.6) is 17.6 Å². The van der Waals surface area contributed by atoms with Gasteiger partial charge < -0.3 is 29.5 Å². The highest BCUT2D eigenvalue weighted by Gasteiger charge is 2.61. The molecule has 43 heavy (non-hydrogen) atoms. The average molecular weight is 593 g/mol. The molecule has 0 saturated heterocycles. The number of amides is 2. The normalized spacial score (nSPS) is 24.0. The van der Waals surface area contributed by atoms with Crippen LogP contribution >= 0.6 is 0 Å². The molecule has 5 unspecified atom stereocenters. The summed E-state index contributed by atoms with van der Waals surface area (Å²) in [6, 6.07) is 9.12. The van der Waals surface area contributed by atoms with Gasteiger partial charge in [-0.1, -0.05) is 12.2 Å². The molecule has 1 aromatic carbocycles. The number of nitrogens with zero attached hydrogens (tertiary/aromatic N) is 3. The fourth-order valence-electron chi connectivity index (χ4n) is 5.65. The predicted octanol–water partition coefficient (Wildman–Crippen LogP) is 3.89. The van der Waals surface area contributed by atoms with E-state index in [1.54, 1.807) is 25.1 Å². The third-order valence-electron chi connectivity index (χ3n) is 8.27. The molecule has 5 atom stereocenters. The van der Waals surface area contributed by atoms with Crippen LogP contribution in [0.3, 0.4) is 0 Å². The summed E-state index contributed by atoms with van der Waals surface area (Å²) in [5, 5.41) is 12.6. The van der Waals surface area contributed by atoms with Gasteiger partial charge >= 0.3 is 12.0 Å². The number of ether oxygens (including phenoxy) is 3. The summed E-state index contributed by atoms with van der Waals surface area (Å²) in [4.78, 5) is 49.7. The number of rotatable bonds is 15. The van der Waals surface area contributed by atoms with Crippen molar-refractivity contribution in [3.63, 3.8) is 0 Å². The number of hydrogen-bond acceptors (Lipinski definition) is 8. The molecular formula is C32H40N4O7. The lowest BCUT2D eigenvalue weighted by atomic mass is 9.93. The van der Waals surface area contributed by atoms with Gasteiger partial charge in [0.05, 0.1) is 31.7 Å². The number of hydrogen-bond donors (Lipinski definition) is 2. The van der Waals surface area contributed by atoms with E-state index in [0.717, 1.165) is 24.8 Å². The Bertz CT molecular complexity index is 1350. The van der Waals surface area contributed by atoms with Crippen molar-refractivity contribution >= 4 is 17.8 Å². The first kappa shape index (κ1) is 31.5. The SMILES string of the molecule is C=CCCCCN(C)C(=O)C1CC(Oc2cc(-c3ccc(OC)cc3)nc(OC)n2)CC1C(=O)NC1(C(=O)O)CC1C=C. The molecular weight excluding hydrogens is 552 g/mol. The summed E-state index contributed by atoms with van der Waals surface area (Å²) in [6.07, 6.45) is 6.16. The van der Waals surface area contributed by atoms with E-state index in [4.69, 9.17) is 14.2 Å². The third kappa shape index (κ3) is 7.15. The van der Waals surface area contributed by atoms with Crippen LogP contribution in [0, 0.1) is 17.8 Å². The zero-order chi connectivity index (χ0) is 31.1. The molecule has 2 fully saturated rings. The van der Waals surface area contributed by atoms with Gasteiger partial charge in [0.1, 0.15) is 17.4 Å². The molecule has 11 heteroatoms. The summed E-state index contributed by atoms with van der Waals surface area (Å²) in [5.74, 6) is -2.66. The molecule has 0 bridgehead atoms. The Morgan fingerprint density at radius 3 is 2.42 bits per heavy atom. The van der Waals surface area contributed by atoms with E-state index in [-0.39, 0.29) is 43.0 Å². The van der Waals surface area contributed by atoms with E-state index in [0.29, 0.717) is 18.0 Å². The molecule has 230 valence electrons. The Labute approximate surface area is 251 Å². The molecule has 0 spiro atoms. The van der Waals surface area contributed by atoms with Crippen LogP contribution in [0.1, 0.15) is 38.5 Å². The summed E-state index contributed by atoms with van der Waals surface area (Å²) in [7, 11) is 4.77. The molecule has 2 aromatic rings. The largest absolute Gasteiger partial charge is 0.497 e. The van der Waals surface area contributed by atoms with E-state index in [1.807, 2.05) is 30.3 Å². The molecule has 1 aromatic heterocycles. The number of unbranched alkanes of at least 4 members (excludes halogenated alkanes) is 2. The van der Waals surface area contributed by atoms with E-state index in [9.17, 15) is 19.5 Å². The average Bonchev–Trinajstić information content (AvgIpc) is 3.58. The first-order valence-corrected chi connectivity index (χ1v) is 14.4. The topological polar surface area (TPSA) is 140 Å². The van der Waals surface area contributed by atoms with Crippen molar-refractivity contribution in [2.45, 2.75) is 50.2 Å². The number of carbonyl (C=O) groups excluding carboxylic acids is 2. The van der Waals surface area contributed by atoms with E-state index < -0.39 is 35.4 Å². The van der Waals surface area contributed by atoms with Gasteiger partial charge in [0.15, 0.2) is 0 Å². The van der Waals surface area contributed by atoms with Crippen molar-refractivity contribution in [3.05, 3.63) is 55.6 Å². The Morgan fingerprint density at radius 1 is 1.09 bits per heavy atom. The second kappa shape index (κ2) is 13.7. The van der Waals surface area contributed by atoms with Crippen molar-refractivity contribution in [2.75, 3.05) is 27.8 Å². The van der Waals surface area contributed by atoms with E-state index in [2.05, 4.69) is 28.4 Å².